The largest absolute Gasteiger partial charge is 0.301 e. The van der Waals surface area contributed by atoms with Gasteiger partial charge < -0.3 is 5.32 Å². The van der Waals surface area contributed by atoms with Crippen LogP contribution in [-0.2, 0) is 16.0 Å². The van der Waals surface area contributed by atoms with Crippen molar-refractivity contribution in [2.75, 3.05) is 11.9 Å². The van der Waals surface area contributed by atoms with E-state index in [-0.39, 0.29) is 18.2 Å². The second-order valence-corrected chi connectivity index (χ2v) is 9.55. The van der Waals surface area contributed by atoms with Crippen LogP contribution in [0.15, 0.2) is 33.6 Å². The van der Waals surface area contributed by atoms with Gasteiger partial charge in [-0.25, -0.2) is 0 Å². The number of amides is 2. The van der Waals surface area contributed by atoms with Crippen LogP contribution in [0.1, 0.15) is 30.3 Å². The van der Waals surface area contributed by atoms with Crippen molar-refractivity contribution < 1.29 is 9.59 Å². The number of nitrogens with zero attached hydrogens (tertiary/aromatic N) is 3. The average molecular weight is 497 g/mol. The van der Waals surface area contributed by atoms with Crippen molar-refractivity contribution in [1.82, 2.24) is 15.1 Å². The lowest BCUT2D eigenvalue weighted by Gasteiger charge is -2.13. The van der Waals surface area contributed by atoms with Gasteiger partial charge in [0.15, 0.2) is 0 Å². The Labute approximate surface area is 184 Å². The normalized spacial score (nSPS) is 15.5. The molecule has 0 bridgehead atoms. The third kappa shape index (κ3) is 5.47. The number of benzene rings is 1. The lowest BCUT2D eigenvalue weighted by Crippen LogP contribution is -2.29. The number of rotatable bonds is 7. The van der Waals surface area contributed by atoms with Crippen LogP contribution in [0.5, 0.6) is 0 Å². The van der Waals surface area contributed by atoms with E-state index in [9.17, 15) is 9.59 Å². The number of halogens is 1. The van der Waals surface area contributed by atoms with E-state index >= 15 is 0 Å². The van der Waals surface area contributed by atoms with E-state index in [1.54, 1.807) is 4.90 Å². The summed E-state index contributed by atoms with van der Waals surface area (Å²) in [6.45, 7) is 2.39. The van der Waals surface area contributed by atoms with Gasteiger partial charge in [-0.2, -0.15) is 0 Å². The smallest absolute Gasteiger partial charge is 0.266 e. The third-order valence-electron chi connectivity index (χ3n) is 3.82. The van der Waals surface area contributed by atoms with Gasteiger partial charge in [-0.15, -0.1) is 10.2 Å². The molecule has 2 aromatic rings. The van der Waals surface area contributed by atoms with E-state index in [0.717, 1.165) is 21.5 Å². The Kier molecular flexibility index (Phi) is 7.33. The topological polar surface area (TPSA) is 75.2 Å². The lowest BCUT2D eigenvalue weighted by atomic mass is 10.2. The molecule has 146 valence electrons. The molecule has 1 N–H and O–H groups in total. The number of carbonyl (C=O) groups excluding carboxylic acids is 2. The van der Waals surface area contributed by atoms with Crippen LogP contribution < -0.4 is 5.32 Å². The van der Waals surface area contributed by atoms with Crippen LogP contribution in [-0.4, -0.2) is 37.8 Å². The molecule has 2 heterocycles. The molecule has 1 fully saturated rings. The second-order valence-electron chi connectivity index (χ2n) is 5.89. The average Bonchev–Trinajstić information content (AvgIpc) is 3.21. The third-order valence-corrected chi connectivity index (χ3v) is 6.68. The number of carbonyl (C=O) groups is 2. The van der Waals surface area contributed by atoms with Gasteiger partial charge in [0, 0.05) is 17.4 Å². The molecule has 6 nitrogen and oxygen atoms in total. The van der Waals surface area contributed by atoms with Gasteiger partial charge in [-0.3, -0.25) is 14.5 Å². The van der Waals surface area contributed by atoms with Crippen LogP contribution >= 0.6 is 51.2 Å². The van der Waals surface area contributed by atoms with Gasteiger partial charge in [0.2, 0.25) is 11.0 Å². The molecule has 0 unspecified atom stereocenters. The molecule has 0 spiro atoms. The van der Waals surface area contributed by atoms with E-state index in [4.69, 9.17) is 12.2 Å². The molecule has 0 atom stereocenters. The van der Waals surface area contributed by atoms with E-state index in [0.29, 0.717) is 27.3 Å². The number of thiocarbonyl (C=S) groups is 1. The number of thioether (sulfide) groups is 1. The number of aryl methyl sites for hydroxylation is 1. The van der Waals surface area contributed by atoms with Crippen molar-refractivity contribution in [3.63, 3.8) is 0 Å². The molecule has 10 heteroatoms. The van der Waals surface area contributed by atoms with Crippen molar-refractivity contribution in [3.8, 4) is 0 Å². The first-order valence-electron chi connectivity index (χ1n) is 8.59. The molecule has 2 amide bonds. The Morgan fingerprint density at radius 2 is 2.21 bits per heavy atom. The van der Waals surface area contributed by atoms with Gasteiger partial charge in [0.1, 0.15) is 9.33 Å². The maximum Gasteiger partial charge on any atom is 0.266 e. The molecule has 1 aromatic carbocycles. The van der Waals surface area contributed by atoms with Crippen molar-refractivity contribution in [1.29, 1.82) is 0 Å². The number of anilines is 1. The number of aromatic nitrogens is 2. The summed E-state index contributed by atoms with van der Waals surface area (Å²) < 4.78 is 1.47. The summed E-state index contributed by atoms with van der Waals surface area (Å²) in [6.07, 6.45) is 3.41. The maximum absolute atomic E-state index is 12.6. The fraction of sp³-hybridized carbons (Fsp3) is 0.278. The summed E-state index contributed by atoms with van der Waals surface area (Å²) in [6, 6.07) is 7.71. The van der Waals surface area contributed by atoms with Crippen LogP contribution in [0.25, 0.3) is 6.08 Å². The second kappa shape index (κ2) is 9.73. The standard InChI is InChI=1S/C18H17BrN4O2S3/c1-2-15-21-22-17(28-15)20-14(24)7-4-8-23-16(25)13(27-18(23)26)10-11-5-3-6-12(19)9-11/h3,5-6,9-10H,2,4,7-8H2,1H3,(H,20,22,24)/b13-10-. The Hall–Kier alpha value is -1.62. The molecular formula is C18H17BrN4O2S3. The molecule has 0 aliphatic carbocycles. The van der Waals surface area contributed by atoms with Crippen molar-refractivity contribution >= 4 is 78.6 Å². The lowest BCUT2D eigenvalue weighted by molar-refractivity contribution is -0.122. The van der Waals surface area contributed by atoms with Crippen LogP contribution in [0.3, 0.4) is 0 Å². The first kappa shape index (κ1) is 21.1. The van der Waals surface area contributed by atoms with Gasteiger partial charge in [-0.05, 0) is 36.6 Å². The highest BCUT2D eigenvalue weighted by molar-refractivity contribution is 9.10. The van der Waals surface area contributed by atoms with Crippen molar-refractivity contribution in [2.45, 2.75) is 26.2 Å². The summed E-state index contributed by atoms with van der Waals surface area (Å²) >= 11 is 11.4. The number of nitrogens with one attached hydrogen (secondary N) is 1. The first-order chi connectivity index (χ1) is 13.5. The zero-order valence-electron chi connectivity index (χ0n) is 15.0. The fourth-order valence-corrected chi connectivity index (χ4v) is 4.89. The highest BCUT2D eigenvalue weighted by Crippen LogP contribution is 2.33. The van der Waals surface area contributed by atoms with Crippen LogP contribution in [0, 0.1) is 0 Å². The minimum Gasteiger partial charge on any atom is -0.301 e. The SMILES string of the molecule is CCc1nnc(NC(=O)CCCN2C(=O)/C(=C/c3cccc(Br)c3)SC2=S)s1. The Morgan fingerprint density at radius 1 is 1.39 bits per heavy atom. The molecule has 1 aliphatic rings. The van der Waals surface area contributed by atoms with Crippen molar-refractivity contribution in [3.05, 3.63) is 44.2 Å². The van der Waals surface area contributed by atoms with Crippen LogP contribution in [0.4, 0.5) is 5.13 Å². The monoisotopic (exact) mass is 496 g/mol. The molecule has 1 aliphatic heterocycles. The summed E-state index contributed by atoms with van der Waals surface area (Å²) in [5.74, 6) is -0.263. The molecule has 1 saturated heterocycles. The Morgan fingerprint density at radius 3 is 2.93 bits per heavy atom. The zero-order chi connectivity index (χ0) is 20.1. The van der Waals surface area contributed by atoms with E-state index in [1.165, 1.54) is 23.1 Å². The molecule has 0 saturated carbocycles. The van der Waals surface area contributed by atoms with E-state index in [2.05, 4.69) is 31.4 Å². The maximum atomic E-state index is 12.6. The summed E-state index contributed by atoms with van der Waals surface area (Å²) in [7, 11) is 0. The predicted octanol–water partition coefficient (Wildman–Crippen LogP) is 4.48. The van der Waals surface area contributed by atoms with Gasteiger partial charge in [0.05, 0.1) is 4.91 Å². The Balaban J connectivity index is 1.52. The number of hydrogen-bond donors (Lipinski definition) is 1. The van der Waals surface area contributed by atoms with E-state index in [1.807, 2.05) is 37.3 Å². The molecular weight excluding hydrogens is 480 g/mol. The first-order valence-corrected chi connectivity index (χ1v) is 11.4. The highest BCUT2D eigenvalue weighted by Gasteiger charge is 2.31. The summed E-state index contributed by atoms with van der Waals surface area (Å²) in [5.41, 5.74) is 0.928. The molecule has 1 aromatic heterocycles. The van der Waals surface area contributed by atoms with E-state index < -0.39 is 0 Å². The highest BCUT2D eigenvalue weighted by atomic mass is 79.9. The Bertz CT molecular complexity index is 944. The predicted molar refractivity (Wildman–Crippen MR) is 121 cm³/mol. The summed E-state index contributed by atoms with van der Waals surface area (Å²) in [4.78, 5) is 26.8. The molecule has 3 rings (SSSR count). The minimum atomic E-state index is -0.145. The van der Waals surface area contributed by atoms with Gasteiger partial charge in [-0.1, -0.05) is 70.3 Å². The molecule has 0 radical (unpaired) electrons. The quantitative estimate of drug-likeness (QED) is 0.449. The van der Waals surface area contributed by atoms with Crippen LogP contribution in [0.2, 0.25) is 0 Å². The molecule has 28 heavy (non-hydrogen) atoms. The van der Waals surface area contributed by atoms with Gasteiger partial charge in [0.25, 0.3) is 5.91 Å². The number of hydrogen-bond acceptors (Lipinski definition) is 7. The summed E-state index contributed by atoms with van der Waals surface area (Å²) in [5, 5.41) is 12.0. The fourth-order valence-electron chi connectivity index (χ4n) is 2.47. The zero-order valence-corrected chi connectivity index (χ0v) is 19.0. The van der Waals surface area contributed by atoms with Crippen molar-refractivity contribution in [2.24, 2.45) is 0 Å². The minimum absolute atomic E-state index is 0.118. The van der Waals surface area contributed by atoms with Gasteiger partial charge >= 0.3 is 0 Å².